The van der Waals surface area contributed by atoms with Gasteiger partial charge in [0.15, 0.2) is 6.29 Å². The van der Waals surface area contributed by atoms with Crippen LogP contribution in [-0.2, 0) is 4.74 Å². The van der Waals surface area contributed by atoms with Crippen LogP contribution in [0.2, 0.25) is 0 Å². The first-order valence-electron chi connectivity index (χ1n) is 3.62. The SMILES string of the molecule is CCC(O)O.CCOCC. The number of hydrogen-bond acceptors (Lipinski definition) is 3. The van der Waals surface area contributed by atoms with Gasteiger partial charge in [0.05, 0.1) is 0 Å². The predicted molar refractivity (Wildman–Crippen MR) is 40.7 cm³/mol. The van der Waals surface area contributed by atoms with Gasteiger partial charge in [-0.25, -0.2) is 0 Å². The summed E-state index contributed by atoms with van der Waals surface area (Å²) in [5, 5.41) is 15.8. The summed E-state index contributed by atoms with van der Waals surface area (Å²) in [7, 11) is 0. The van der Waals surface area contributed by atoms with E-state index in [1.54, 1.807) is 6.92 Å². The topological polar surface area (TPSA) is 49.7 Å². The molecule has 3 heteroatoms. The predicted octanol–water partition coefficient (Wildman–Crippen LogP) is 0.750. The quantitative estimate of drug-likeness (QED) is 0.584. The summed E-state index contributed by atoms with van der Waals surface area (Å²) in [5.41, 5.74) is 0. The van der Waals surface area contributed by atoms with Gasteiger partial charge in [0.25, 0.3) is 0 Å². The zero-order valence-corrected chi connectivity index (χ0v) is 7.00. The highest BCUT2D eigenvalue weighted by atomic mass is 16.5. The summed E-state index contributed by atoms with van der Waals surface area (Å²) >= 11 is 0. The number of rotatable bonds is 3. The van der Waals surface area contributed by atoms with Crippen molar-refractivity contribution in [3.8, 4) is 0 Å². The second-order valence-electron chi connectivity index (χ2n) is 1.67. The molecule has 0 bridgehead atoms. The lowest BCUT2D eigenvalue weighted by atomic mass is 10.5. The normalized spacial score (nSPS) is 9.00. The first-order chi connectivity index (χ1) is 4.68. The molecule has 0 aliphatic carbocycles. The summed E-state index contributed by atoms with van der Waals surface area (Å²) in [4.78, 5) is 0. The zero-order chi connectivity index (χ0) is 8.41. The van der Waals surface area contributed by atoms with Gasteiger partial charge in [-0.2, -0.15) is 0 Å². The van der Waals surface area contributed by atoms with Gasteiger partial charge in [0.1, 0.15) is 0 Å². The fourth-order valence-electron chi connectivity index (χ4n) is 0.204. The molecule has 0 heterocycles. The van der Waals surface area contributed by atoms with Crippen molar-refractivity contribution in [2.24, 2.45) is 0 Å². The smallest absolute Gasteiger partial charge is 0.151 e. The lowest BCUT2D eigenvalue weighted by Gasteiger charge is -1.90. The van der Waals surface area contributed by atoms with Gasteiger partial charge in [-0.15, -0.1) is 0 Å². The summed E-state index contributed by atoms with van der Waals surface area (Å²) in [6.07, 6.45) is -0.699. The lowest BCUT2D eigenvalue weighted by molar-refractivity contribution is -0.0413. The maximum Gasteiger partial charge on any atom is 0.151 e. The van der Waals surface area contributed by atoms with Crippen molar-refractivity contribution in [3.05, 3.63) is 0 Å². The largest absolute Gasteiger partial charge is 0.382 e. The summed E-state index contributed by atoms with van der Waals surface area (Å²) in [6.45, 7) is 7.37. The third kappa shape index (κ3) is 24.8. The minimum Gasteiger partial charge on any atom is -0.382 e. The molecule has 0 saturated heterocycles. The van der Waals surface area contributed by atoms with Gasteiger partial charge in [-0.05, 0) is 20.3 Å². The standard InChI is InChI=1S/C4H10O.C3H8O2/c1-3-5-4-2;1-2-3(4)5/h3-4H2,1-2H3;3-5H,2H2,1H3. The highest BCUT2D eigenvalue weighted by Crippen LogP contribution is 1.77. The fraction of sp³-hybridized carbons (Fsp3) is 1.00. The van der Waals surface area contributed by atoms with Crippen LogP contribution in [-0.4, -0.2) is 29.7 Å². The zero-order valence-electron chi connectivity index (χ0n) is 7.00. The van der Waals surface area contributed by atoms with E-state index in [0.29, 0.717) is 6.42 Å². The van der Waals surface area contributed by atoms with E-state index >= 15 is 0 Å². The Hall–Kier alpha value is -0.120. The Kier molecular flexibility index (Phi) is 14.6. The highest BCUT2D eigenvalue weighted by molar-refractivity contribution is 4.21. The van der Waals surface area contributed by atoms with E-state index in [1.807, 2.05) is 13.8 Å². The first kappa shape index (κ1) is 12.5. The van der Waals surface area contributed by atoms with Crippen LogP contribution in [0.4, 0.5) is 0 Å². The molecular formula is C7H18O3. The van der Waals surface area contributed by atoms with Gasteiger partial charge in [0.2, 0.25) is 0 Å². The molecule has 10 heavy (non-hydrogen) atoms. The molecular weight excluding hydrogens is 132 g/mol. The molecule has 0 radical (unpaired) electrons. The molecule has 2 N–H and O–H groups in total. The molecule has 0 aromatic rings. The molecule has 3 nitrogen and oxygen atoms in total. The minimum absolute atomic E-state index is 0.417. The van der Waals surface area contributed by atoms with Crippen LogP contribution in [0.5, 0.6) is 0 Å². The molecule has 0 aliphatic heterocycles. The van der Waals surface area contributed by atoms with Crippen LogP contribution < -0.4 is 0 Å². The van der Waals surface area contributed by atoms with Crippen molar-refractivity contribution in [3.63, 3.8) is 0 Å². The van der Waals surface area contributed by atoms with Crippen molar-refractivity contribution in [2.45, 2.75) is 33.5 Å². The average molecular weight is 150 g/mol. The summed E-state index contributed by atoms with van der Waals surface area (Å²) in [6, 6.07) is 0. The second-order valence-corrected chi connectivity index (χ2v) is 1.67. The van der Waals surface area contributed by atoms with Gasteiger partial charge < -0.3 is 14.9 Å². The molecule has 64 valence electrons. The van der Waals surface area contributed by atoms with Crippen LogP contribution >= 0.6 is 0 Å². The van der Waals surface area contributed by atoms with E-state index in [1.165, 1.54) is 0 Å². The van der Waals surface area contributed by atoms with Gasteiger partial charge in [-0.1, -0.05) is 6.92 Å². The summed E-state index contributed by atoms with van der Waals surface area (Å²) < 4.78 is 4.83. The molecule has 0 rings (SSSR count). The van der Waals surface area contributed by atoms with Crippen LogP contribution in [0.25, 0.3) is 0 Å². The van der Waals surface area contributed by atoms with E-state index in [-0.39, 0.29) is 0 Å². The van der Waals surface area contributed by atoms with Gasteiger partial charge in [0, 0.05) is 13.2 Å². The monoisotopic (exact) mass is 150 g/mol. The second kappa shape index (κ2) is 11.6. The minimum atomic E-state index is -1.12. The van der Waals surface area contributed by atoms with Crippen molar-refractivity contribution in [2.75, 3.05) is 13.2 Å². The molecule has 0 aromatic carbocycles. The number of ether oxygens (including phenoxy) is 1. The fourth-order valence-corrected chi connectivity index (χ4v) is 0.204. The first-order valence-corrected chi connectivity index (χ1v) is 3.62. The molecule has 0 unspecified atom stereocenters. The Morgan fingerprint density at radius 1 is 1.10 bits per heavy atom. The number of hydrogen-bond donors (Lipinski definition) is 2. The van der Waals surface area contributed by atoms with Gasteiger partial charge >= 0.3 is 0 Å². The van der Waals surface area contributed by atoms with Crippen LogP contribution in [0.3, 0.4) is 0 Å². The maximum atomic E-state index is 7.92. The van der Waals surface area contributed by atoms with Crippen molar-refractivity contribution < 1.29 is 14.9 Å². The molecule has 0 aromatic heterocycles. The average Bonchev–Trinajstić information content (AvgIpc) is 1.91. The van der Waals surface area contributed by atoms with Crippen LogP contribution in [0, 0.1) is 0 Å². The van der Waals surface area contributed by atoms with Crippen LogP contribution in [0.1, 0.15) is 27.2 Å². The molecule has 0 spiro atoms. The van der Waals surface area contributed by atoms with Crippen LogP contribution in [0.15, 0.2) is 0 Å². The van der Waals surface area contributed by atoms with E-state index in [2.05, 4.69) is 0 Å². The molecule has 0 saturated carbocycles. The molecule has 0 atom stereocenters. The third-order valence-electron chi connectivity index (χ3n) is 0.773. The Balaban J connectivity index is 0. The van der Waals surface area contributed by atoms with Gasteiger partial charge in [-0.3, -0.25) is 0 Å². The Bertz CT molecular complexity index is 44.1. The Morgan fingerprint density at radius 3 is 1.40 bits per heavy atom. The van der Waals surface area contributed by atoms with Crippen molar-refractivity contribution in [1.29, 1.82) is 0 Å². The van der Waals surface area contributed by atoms with E-state index in [9.17, 15) is 0 Å². The molecule has 0 fully saturated rings. The van der Waals surface area contributed by atoms with Crippen molar-refractivity contribution >= 4 is 0 Å². The maximum absolute atomic E-state index is 7.92. The summed E-state index contributed by atoms with van der Waals surface area (Å²) in [5.74, 6) is 0. The van der Waals surface area contributed by atoms with E-state index in [0.717, 1.165) is 13.2 Å². The Morgan fingerprint density at radius 2 is 1.40 bits per heavy atom. The van der Waals surface area contributed by atoms with E-state index in [4.69, 9.17) is 14.9 Å². The molecule has 0 aliphatic rings. The Labute approximate surface area is 62.6 Å². The number of aliphatic hydroxyl groups is 2. The number of aliphatic hydroxyl groups excluding tert-OH is 1. The van der Waals surface area contributed by atoms with Crippen molar-refractivity contribution in [1.82, 2.24) is 0 Å². The van der Waals surface area contributed by atoms with E-state index < -0.39 is 6.29 Å². The highest BCUT2D eigenvalue weighted by Gasteiger charge is 1.83. The lowest BCUT2D eigenvalue weighted by Crippen LogP contribution is -1.99. The third-order valence-corrected chi connectivity index (χ3v) is 0.773. The molecule has 0 amide bonds.